The van der Waals surface area contributed by atoms with E-state index in [1.807, 2.05) is 43.6 Å². The van der Waals surface area contributed by atoms with Crippen molar-refractivity contribution in [2.45, 2.75) is 25.4 Å². The molecule has 4 heteroatoms. The molecule has 0 radical (unpaired) electrons. The molecule has 2 rings (SSSR count). The number of nitrogens with two attached hydrogens (primary N) is 1. The van der Waals surface area contributed by atoms with Crippen LogP contribution in [0.4, 0.5) is 0 Å². The van der Waals surface area contributed by atoms with Gasteiger partial charge in [0.15, 0.2) is 0 Å². The highest BCUT2D eigenvalue weighted by Crippen LogP contribution is 2.22. The van der Waals surface area contributed by atoms with Crippen molar-refractivity contribution in [1.29, 1.82) is 0 Å². The lowest BCUT2D eigenvalue weighted by atomic mass is 10.1. The topological polar surface area (TPSA) is 55.3 Å². The Hall–Kier alpha value is -1.65. The third-order valence-electron chi connectivity index (χ3n) is 3.31. The summed E-state index contributed by atoms with van der Waals surface area (Å²) in [6.07, 6.45) is 6.32. The molecule has 2 aromatic rings. The van der Waals surface area contributed by atoms with Crippen LogP contribution in [0.1, 0.15) is 24.3 Å². The van der Waals surface area contributed by atoms with Crippen molar-refractivity contribution in [2.75, 3.05) is 13.6 Å². The standard InChI is InChI=1S/C15H21N3O/c1-12(16)15(14-4-3-11-19-14)18(2)10-7-13-5-8-17-9-6-13/h3-6,8-9,11-12,15H,7,10,16H2,1-2H3. The van der Waals surface area contributed by atoms with Gasteiger partial charge in [-0.15, -0.1) is 0 Å². The Bertz CT molecular complexity index is 467. The molecule has 0 bridgehead atoms. The Labute approximate surface area is 114 Å². The molecule has 4 nitrogen and oxygen atoms in total. The van der Waals surface area contributed by atoms with Gasteiger partial charge in [0.2, 0.25) is 0 Å². The van der Waals surface area contributed by atoms with E-state index in [1.54, 1.807) is 6.26 Å². The maximum absolute atomic E-state index is 6.09. The molecule has 0 saturated heterocycles. The Kier molecular flexibility index (Phi) is 4.71. The van der Waals surface area contributed by atoms with Gasteiger partial charge in [0.1, 0.15) is 5.76 Å². The Morgan fingerprint density at radius 3 is 2.63 bits per heavy atom. The highest BCUT2D eigenvalue weighted by Gasteiger charge is 2.23. The third kappa shape index (κ3) is 3.66. The highest BCUT2D eigenvalue weighted by molar-refractivity contribution is 5.11. The minimum absolute atomic E-state index is 0.0218. The second-order valence-electron chi connectivity index (χ2n) is 4.91. The van der Waals surface area contributed by atoms with E-state index in [9.17, 15) is 0 Å². The lowest BCUT2D eigenvalue weighted by molar-refractivity contribution is 0.193. The van der Waals surface area contributed by atoms with Crippen LogP contribution in [-0.2, 0) is 6.42 Å². The molecule has 0 spiro atoms. The number of pyridine rings is 1. The van der Waals surface area contributed by atoms with E-state index in [4.69, 9.17) is 10.2 Å². The highest BCUT2D eigenvalue weighted by atomic mass is 16.3. The van der Waals surface area contributed by atoms with E-state index in [1.165, 1.54) is 5.56 Å². The molecule has 2 aromatic heterocycles. The normalized spacial score (nSPS) is 14.5. The predicted molar refractivity (Wildman–Crippen MR) is 75.7 cm³/mol. The maximum Gasteiger partial charge on any atom is 0.122 e. The monoisotopic (exact) mass is 259 g/mol. The van der Waals surface area contributed by atoms with E-state index >= 15 is 0 Å². The minimum atomic E-state index is 0.0218. The average molecular weight is 259 g/mol. The van der Waals surface area contributed by atoms with Crippen molar-refractivity contribution in [3.8, 4) is 0 Å². The molecule has 0 aliphatic heterocycles. The van der Waals surface area contributed by atoms with Gasteiger partial charge in [-0.25, -0.2) is 0 Å². The number of hydrogen-bond acceptors (Lipinski definition) is 4. The van der Waals surface area contributed by atoms with Gasteiger partial charge in [0.05, 0.1) is 12.3 Å². The fourth-order valence-corrected chi connectivity index (χ4v) is 2.33. The summed E-state index contributed by atoms with van der Waals surface area (Å²) in [5, 5.41) is 0. The Morgan fingerprint density at radius 1 is 1.32 bits per heavy atom. The molecule has 0 amide bonds. The summed E-state index contributed by atoms with van der Waals surface area (Å²) >= 11 is 0. The van der Waals surface area contributed by atoms with Crippen molar-refractivity contribution in [3.63, 3.8) is 0 Å². The van der Waals surface area contributed by atoms with Gasteiger partial charge in [-0.05, 0) is 50.2 Å². The summed E-state index contributed by atoms with van der Waals surface area (Å²) in [6.45, 7) is 2.94. The smallest absolute Gasteiger partial charge is 0.122 e. The van der Waals surface area contributed by atoms with Crippen molar-refractivity contribution in [1.82, 2.24) is 9.88 Å². The molecular formula is C15H21N3O. The molecule has 0 saturated carbocycles. The molecule has 2 atom stereocenters. The summed E-state index contributed by atoms with van der Waals surface area (Å²) in [6, 6.07) is 8.10. The minimum Gasteiger partial charge on any atom is -0.468 e. The molecular weight excluding hydrogens is 238 g/mol. The number of furan rings is 1. The predicted octanol–water partition coefficient (Wildman–Crippen LogP) is 2.24. The fraction of sp³-hybridized carbons (Fsp3) is 0.400. The van der Waals surface area contributed by atoms with Crippen LogP contribution in [0, 0.1) is 0 Å². The van der Waals surface area contributed by atoms with Gasteiger partial charge < -0.3 is 10.2 Å². The summed E-state index contributed by atoms with van der Waals surface area (Å²) in [4.78, 5) is 6.27. The first-order valence-electron chi connectivity index (χ1n) is 6.56. The zero-order chi connectivity index (χ0) is 13.7. The van der Waals surface area contributed by atoms with Gasteiger partial charge >= 0.3 is 0 Å². The Morgan fingerprint density at radius 2 is 2.05 bits per heavy atom. The number of likely N-dealkylation sites (N-methyl/N-ethyl adjacent to an activating group) is 1. The molecule has 2 heterocycles. The van der Waals surface area contributed by atoms with E-state index in [-0.39, 0.29) is 12.1 Å². The van der Waals surface area contributed by atoms with E-state index in [2.05, 4.69) is 16.9 Å². The number of nitrogens with zero attached hydrogens (tertiary/aromatic N) is 2. The van der Waals surface area contributed by atoms with E-state index in [0.29, 0.717) is 0 Å². The quantitative estimate of drug-likeness (QED) is 0.864. The molecule has 0 aliphatic rings. The largest absolute Gasteiger partial charge is 0.468 e. The maximum atomic E-state index is 6.09. The second kappa shape index (κ2) is 6.50. The molecule has 0 aliphatic carbocycles. The number of aromatic nitrogens is 1. The number of hydrogen-bond donors (Lipinski definition) is 1. The van der Waals surface area contributed by atoms with Gasteiger partial charge in [-0.2, -0.15) is 0 Å². The third-order valence-corrected chi connectivity index (χ3v) is 3.31. The number of rotatable bonds is 6. The van der Waals surface area contributed by atoms with Crippen molar-refractivity contribution in [3.05, 3.63) is 54.2 Å². The van der Waals surface area contributed by atoms with Crippen LogP contribution in [0.25, 0.3) is 0 Å². The van der Waals surface area contributed by atoms with Crippen LogP contribution in [-0.4, -0.2) is 29.5 Å². The van der Waals surface area contributed by atoms with E-state index < -0.39 is 0 Å². The van der Waals surface area contributed by atoms with Crippen LogP contribution < -0.4 is 5.73 Å². The zero-order valence-electron chi connectivity index (χ0n) is 11.5. The van der Waals surface area contributed by atoms with Gasteiger partial charge in [0, 0.05) is 25.0 Å². The Balaban J connectivity index is 1.99. The summed E-state index contributed by atoms with van der Waals surface area (Å²) in [7, 11) is 2.08. The lowest BCUT2D eigenvalue weighted by Crippen LogP contribution is -2.38. The summed E-state index contributed by atoms with van der Waals surface area (Å²) < 4.78 is 5.50. The lowest BCUT2D eigenvalue weighted by Gasteiger charge is -2.29. The fourth-order valence-electron chi connectivity index (χ4n) is 2.33. The summed E-state index contributed by atoms with van der Waals surface area (Å²) in [5.41, 5.74) is 7.37. The van der Waals surface area contributed by atoms with Crippen LogP contribution in [0.15, 0.2) is 47.3 Å². The molecule has 0 aromatic carbocycles. The van der Waals surface area contributed by atoms with Gasteiger partial charge in [-0.1, -0.05) is 0 Å². The first-order valence-corrected chi connectivity index (χ1v) is 6.56. The summed E-state index contributed by atoms with van der Waals surface area (Å²) in [5.74, 6) is 0.923. The van der Waals surface area contributed by atoms with Crippen LogP contribution in [0.3, 0.4) is 0 Å². The van der Waals surface area contributed by atoms with Crippen molar-refractivity contribution >= 4 is 0 Å². The zero-order valence-corrected chi connectivity index (χ0v) is 11.5. The van der Waals surface area contributed by atoms with Crippen molar-refractivity contribution < 1.29 is 4.42 Å². The van der Waals surface area contributed by atoms with Gasteiger partial charge in [0.25, 0.3) is 0 Å². The molecule has 102 valence electrons. The van der Waals surface area contributed by atoms with E-state index in [0.717, 1.165) is 18.7 Å². The first-order chi connectivity index (χ1) is 9.18. The van der Waals surface area contributed by atoms with Crippen molar-refractivity contribution in [2.24, 2.45) is 5.73 Å². The molecule has 0 fully saturated rings. The average Bonchev–Trinajstić information content (AvgIpc) is 2.91. The SMILES string of the molecule is CC(N)C(c1ccco1)N(C)CCc1ccncc1. The molecule has 2 unspecified atom stereocenters. The molecule has 2 N–H and O–H groups in total. The first kappa shape index (κ1) is 13.8. The second-order valence-corrected chi connectivity index (χ2v) is 4.91. The van der Waals surface area contributed by atoms with Crippen LogP contribution in [0.2, 0.25) is 0 Å². The molecule has 19 heavy (non-hydrogen) atoms. The van der Waals surface area contributed by atoms with Crippen LogP contribution >= 0.6 is 0 Å². The van der Waals surface area contributed by atoms with Gasteiger partial charge in [-0.3, -0.25) is 9.88 Å². The van der Waals surface area contributed by atoms with Crippen LogP contribution in [0.5, 0.6) is 0 Å².